The Bertz CT molecular complexity index is 433. The van der Waals surface area contributed by atoms with Gasteiger partial charge in [0, 0.05) is 49.4 Å². The van der Waals surface area contributed by atoms with Crippen LogP contribution in [0, 0.1) is 0 Å². The maximum absolute atomic E-state index is 5.68. The molecule has 3 aliphatic rings. The zero-order chi connectivity index (χ0) is 17.5. The molecular weight excluding hydrogens is 332 g/mol. The van der Waals surface area contributed by atoms with Crippen molar-refractivity contribution in [2.75, 3.05) is 58.2 Å². The Morgan fingerprint density at radius 3 is 2.64 bits per heavy atom. The summed E-state index contributed by atoms with van der Waals surface area (Å²) in [4.78, 5) is 10.4. The molecule has 0 spiro atoms. The predicted molar refractivity (Wildman–Crippen MR) is 108 cm³/mol. The van der Waals surface area contributed by atoms with Crippen molar-refractivity contribution in [3.63, 3.8) is 0 Å². The van der Waals surface area contributed by atoms with E-state index in [0.717, 1.165) is 63.4 Å². The van der Waals surface area contributed by atoms with Gasteiger partial charge in [-0.25, -0.2) is 0 Å². The van der Waals surface area contributed by atoms with Crippen LogP contribution in [0.25, 0.3) is 0 Å². The van der Waals surface area contributed by atoms with Gasteiger partial charge in [0.15, 0.2) is 5.96 Å². The van der Waals surface area contributed by atoms with Crippen LogP contribution in [0.3, 0.4) is 0 Å². The highest BCUT2D eigenvalue weighted by atomic mass is 32.2. The molecule has 25 heavy (non-hydrogen) atoms. The van der Waals surface area contributed by atoms with E-state index < -0.39 is 0 Å². The number of nitrogens with zero attached hydrogens (tertiary/aromatic N) is 3. The van der Waals surface area contributed by atoms with Crippen LogP contribution in [-0.4, -0.2) is 84.8 Å². The topological polar surface area (TPSA) is 40.1 Å². The monoisotopic (exact) mass is 368 g/mol. The van der Waals surface area contributed by atoms with Crippen molar-refractivity contribution < 1.29 is 4.74 Å². The highest BCUT2D eigenvalue weighted by Gasteiger charge is 2.39. The van der Waals surface area contributed by atoms with Crippen molar-refractivity contribution in [2.45, 2.75) is 56.7 Å². The van der Waals surface area contributed by atoms with Crippen molar-refractivity contribution >= 4 is 17.7 Å². The second-order valence-electron chi connectivity index (χ2n) is 7.55. The summed E-state index contributed by atoms with van der Waals surface area (Å²) in [7, 11) is 0. The van der Waals surface area contributed by atoms with E-state index in [4.69, 9.17) is 9.73 Å². The summed E-state index contributed by atoms with van der Waals surface area (Å²) >= 11 is 2.12. The predicted octanol–water partition coefficient (Wildman–Crippen LogP) is 2.42. The lowest BCUT2D eigenvalue weighted by Gasteiger charge is -2.44. The van der Waals surface area contributed by atoms with Gasteiger partial charge >= 0.3 is 0 Å². The van der Waals surface area contributed by atoms with E-state index in [0.29, 0.717) is 0 Å². The number of thioether (sulfide) groups is 1. The number of nitrogens with one attached hydrogen (secondary N) is 1. The molecule has 3 saturated heterocycles. The van der Waals surface area contributed by atoms with Gasteiger partial charge in [0.05, 0.1) is 6.54 Å². The summed E-state index contributed by atoms with van der Waals surface area (Å²) in [6.45, 7) is 12.8. The van der Waals surface area contributed by atoms with Crippen LogP contribution < -0.4 is 5.32 Å². The number of likely N-dealkylation sites (tertiary alicyclic amines) is 1. The Labute approximate surface area is 157 Å². The molecule has 0 aromatic rings. The molecule has 3 aliphatic heterocycles. The molecule has 0 radical (unpaired) electrons. The molecule has 3 fully saturated rings. The smallest absolute Gasteiger partial charge is 0.194 e. The molecule has 0 aliphatic carbocycles. The third kappa shape index (κ3) is 4.83. The molecule has 0 bridgehead atoms. The van der Waals surface area contributed by atoms with Crippen LogP contribution in [0.1, 0.15) is 46.0 Å². The SMILES string of the molecule is CCNC(=NCC1(N2CCCC2)CCOCC1)N1CCSC(CC)C1. The minimum Gasteiger partial charge on any atom is -0.381 e. The maximum Gasteiger partial charge on any atom is 0.194 e. The second kappa shape index (κ2) is 9.47. The fraction of sp³-hybridized carbons (Fsp3) is 0.947. The first-order valence-corrected chi connectivity index (χ1v) is 11.3. The van der Waals surface area contributed by atoms with Crippen LogP contribution >= 0.6 is 11.8 Å². The Morgan fingerprint density at radius 1 is 1.20 bits per heavy atom. The quantitative estimate of drug-likeness (QED) is 0.596. The zero-order valence-corrected chi connectivity index (χ0v) is 17.0. The first-order valence-electron chi connectivity index (χ1n) is 10.2. The van der Waals surface area contributed by atoms with Crippen molar-refractivity contribution in [1.82, 2.24) is 15.1 Å². The molecule has 0 aromatic heterocycles. The van der Waals surface area contributed by atoms with E-state index in [1.807, 2.05) is 0 Å². The highest BCUT2D eigenvalue weighted by Crippen LogP contribution is 2.32. The molecule has 1 atom stereocenters. The molecule has 1 unspecified atom stereocenters. The summed E-state index contributed by atoms with van der Waals surface area (Å²) in [5.41, 5.74) is 0.226. The maximum atomic E-state index is 5.68. The highest BCUT2D eigenvalue weighted by molar-refractivity contribution is 8.00. The Hall–Kier alpha value is -0.460. The van der Waals surface area contributed by atoms with Gasteiger partial charge in [-0.05, 0) is 52.1 Å². The van der Waals surface area contributed by atoms with Gasteiger partial charge < -0.3 is 15.0 Å². The van der Waals surface area contributed by atoms with E-state index >= 15 is 0 Å². The molecule has 0 amide bonds. The number of hydrogen-bond acceptors (Lipinski definition) is 4. The first kappa shape index (κ1) is 19.3. The minimum absolute atomic E-state index is 0.226. The Balaban J connectivity index is 1.71. The first-order chi connectivity index (χ1) is 12.3. The average molecular weight is 369 g/mol. The lowest BCUT2D eigenvalue weighted by atomic mass is 9.88. The number of rotatable bonds is 5. The standard InChI is InChI=1S/C19H36N4OS/c1-3-17-15-22(11-14-25-17)18(20-4-2)21-16-19(7-12-24-13-8-19)23-9-5-6-10-23/h17H,3-16H2,1-2H3,(H,20,21). The summed E-state index contributed by atoms with van der Waals surface area (Å²) in [6, 6.07) is 0. The van der Waals surface area contributed by atoms with Crippen molar-refractivity contribution in [3.05, 3.63) is 0 Å². The van der Waals surface area contributed by atoms with Gasteiger partial charge in [0.25, 0.3) is 0 Å². The van der Waals surface area contributed by atoms with Gasteiger partial charge in [0.2, 0.25) is 0 Å². The normalized spacial score (nSPS) is 28.3. The fourth-order valence-corrected chi connectivity index (χ4v) is 5.50. The van der Waals surface area contributed by atoms with Crippen LogP contribution in [0.2, 0.25) is 0 Å². The molecule has 6 heteroatoms. The van der Waals surface area contributed by atoms with Gasteiger partial charge in [0.1, 0.15) is 0 Å². The Kier molecular flexibility index (Phi) is 7.31. The molecule has 0 aromatic carbocycles. The molecule has 144 valence electrons. The van der Waals surface area contributed by atoms with Crippen molar-refractivity contribution in [1.29, 1.82) is 0 Å². The van der Waals surface area contributed by atoms with E-state index in [1.54, 1.807) is 0 Å². The molecule has 1 N–H and O–H groups in total. The Morgan fingerprint density at radius 2 is 1.96 bits per heavy atom. The van der Waals surface area contributed by atoms with Crippen molar-refractivity contribution in [2.24, 2.45) is 4.99 Å². The van der Waals surface area contributed by atoms with Crippen LogP contribution in [-0.2, 0) is 4.74 Å². The third-order valence-electron chi connectivity index (χ3n) is 5.95. The molecule has 3 heterocycles. The zero-order valence-electron chi connectivity index (χ0n) is 16.1. The fourth-order valence-electron chi connectivity index (χ4n) is 4.32. The largest absolute Gasteiger partial charge is 0.381 e. The number of guanidine groups is 1. The third-order valence-corrected chi connectivity index (χ3v) is 7.32. The summed E-state index contributed by atoms with van der Waals surface area (Å²) in [5, 5.41) is 4.30. The van der Waals surface area contributed by atoms with Crippen LogP contribution in [0.4, 0.5) is 0 Å². The van der Waals surface area contributed by atoms with Crippen molar-refractivity contribution in [3.8, 4) is 0 Å². The van der Waals surface area contributed by atoms with E-state index in [9.17, 15) is 0 Å². The molecule has 3 rings (SSSR count). The summed E-state index contributed by atoms with van der Waals surface area (Å²) in [5.74, 6) is 2.35. The summed E-state index contributed by atoms with van der Waals surface area (Å²) < 4.78 is 5.68. The second-order valence-corrected chi connectivity index (χ2v) is 8.96. The van der Waals surface area contributed by atoms with Crippen LogP contribution in [0.15, 0.2) is 4.99 Å². The van der Waals surface area contributed by atoms with Gasteiger partial charge in [-0.2, -0.15) is 11.8 Å². The number of aliphatic imine (C=N–C) groups is 1. The van der Waals surface area contributed by atoms with Crippen LogP contribution in [0.5, 0.6) is 0 Å². The molecule has 5 nitrogen and oxygen atoms in total. The summed E-state index contributed by atoms with van der Waals surface area (Å²) in [6.07, 6.45) is 6.18. The average Bonchev–Trinajstić information content (AvgIpc) is 3.21. The van der Waals surface area contributed by atoms with Gasteiger partial charge in [-0.1, -0.05) is 6.92 Å². The van der Waals surface area contributed by atoms with E-state index in [2.05, 4.69) is 40.7 Å². The lowest BCUT2D eigenvalue weighted by Crippen LogP contribution is -2.54. The lowest BCUT2D eigenvalue weighted by molar-refractivity contribution is -0.0139. The number of hydrogen-bond donors (Lipinski definition) is 1. The van der Waals surface area contributed by atoms with Gasteiger partial charge in [-0.15, -0.1) is 0 Å². The molecule has 0 saturated carbocycles. The minimum atomic E-state index is 0.226. The van der Waals surface area contributed by atoms with E-state index in [-0.39, 0.29) is 5.54 Å². The molecular formula is C19H36N4OS. The van der Waals surface area contributed by atoms with E-state index in [1.165, 1.54) is 38.1 Å². The number of ether oxygens (including phenoxy) is 1. The van der Waals surface area contributed by atoms with Gasteiger partial charge in [-0.3, -0.25) is 9.89 Å².